The molecule has 2 heterocycles. The molecule has 0 saturated carbocycles. The van der Waals surface area contributed by atoms with Crippen LogP contribution >= 0.6 is 0 Å². The van der Waals surface area contributed by atoms with Gasteiger partial charge in [0.15, 0.2) is 5.78 Å². The average molecular weight is 296 g/mol. The predicted octanol–water partition coefficient (Wildman–Crippen LogP) is 3.19. The molecule has 3 rings (SSSR count). The molecule has 0 bridgehead atoms. The van der Waals surface area contributed by atoms with E-state index < -0.39 is 0 Å². The summed E-state index contributed by atoms with van der Waals surface area (Å²) in [6.07, 6.45) is 6.56. The first-order chi connectivity index (χ1) is 10.6. The van der Waals surface area contributed by atoms with Gasteiger partial charge in [-0.15, -0.1) is 0 Å². The smallest absolute Gasteiger partial charge is 0.246 e. The molecule has 4 nitrogen and oxygen atoms in total. The Bertz CT molecular complexity index is 750. The molecule has 1 atom stereocenters. The maximum Gasteiger partial charge on any atom is 0.246 e. The number of benzene rings is 1. The Morgan fingerprint density at radius 3 is 2.50 bits per heavy atom. The van der Waals surface area contributed by atoms with Gasteiger partial charge in [0.25, 0.3) is 0 Å². The van der Waals surface area contributed by atoms with Crippen LogP contribution in [0.15, 0.2) is 42.6 Å². The van der Waals surface area contributed by atoms with Gasteiger partial charge in [-0.2, -0.15) is 0 Å². The molecule has 0 aliphatic carbocycles. The monoisotopic (exact) mass is 296 g/mol. The predicted molar refractivity (Wildman–Crippen MR) is 87.0 cm³/mol. The van der Waals surface area contributed by atoms with Crippen molar-refractivity contribution < 1.29 is 9.59 Å². The van der Waals surface area contributed by atoms with Crippen molar-refractivity contribution in [2.45, 2.75) is 26.3 Å². The second-order valence-corrected chi connectivity index (χ2v) is 5.66. The molecule has 0 unspecified atom stereocenters. The first-order valence-electron chi connectivity index (χ1n) is 7.67. The van der Waals surface area contributed by atoms with Crippen molar-refractivity contribution in [2.75, 3.05) is 13.1 Å². The second kappa shape index (κ2) is 5.79. The minimum absolute atomic E-state index is 0.0279. The Morgan fingerprint density at radius 1 is 1.18 bits per heavy atom. The van der Waals surface area contributed by atoms with Gasteiger partial charge in [-0.1, -0.05) is 37.3 Å². The van der Waals surface area contributed by atoms with Crippen molar-refractivity contribution in [1.82, 2.24) is 9.47 Å². The second-order valence-electron chi connectivity index (χ2n) is 5.66. The normalized spacial score (nSPS) is 15.5. The standard InChI is InChI=1S/C18H20N2O2/c1-3-16(18(22)19-10-6-7-11-19)20-12-15(13(2)21)14-8-4-5-9-17(14)20/h4-9,12,16H,3,10-11H2,1-2H3/t16-/m1/s1. The van der Waals surface area contributed by atoms with Crippen LogP contribution in [0.3, 0.4) is 0 Å². The number of Topliss-reactive ketones (excluding diaryl/α,β-unsaturated/α-hetero) is 1. The molecule has 1 aromatic heterocycles. The molecule has 0 radical (unpaired) electrons. The Morgan fingerprint density at radius 2 is 1.86 bits per heavy atom. The number of aromatic nitrogens is 1. The number of amides is 1. The third kappa shape index (κ3) is 2.34. The largest absolute Gasteiger partial charge is 0.334 e. The molecule has 0 saturated heterocycles. The molecule has 1 aliphatic rings. The van der Waals surface area contributed by atoms with E-state index in [0.29, 0.717) is 25.1 Å². The molecule has 114 valence electrons. The first-order valence-corrected chi connectivity index (χ1v) is 7.67. The fraction of sp³-hybridized carbons (Fsp3) is 0.333. The van der Waals surface area contributed by atoms with Crippen molar-refractivity contribution in [3.8, 4) is 0 Å². The van der Waals surface area contributed by atoms with Crippen molar-refractivity contribution in [2.24, 2.45) is 0 Å². The highest BCUT2D eigenvalue weighted by Gasteiger charge is 2.26. The van der Waals surface area contributed by atoms with Crippen molar-refractivity contribution in [1.29, 1.82) is 0 Å². The zero-order chi connectivity index (χ0) is 15.7. The van der Waals surface area contributed by atoms with Crippen LogP contribution in [-0.4, -0.2) is 34.2 Å². The Hall–Kier alpha value is -2.36. The SMILES string of the molecule is CC[C@H](C(=O)N1CC=CC1)n1cc(C(C)=O)c2ccccc21. The third-order valence-corrected chi connectivity index (χ3v) is 4.26. The lowest BCUT2D eigenvalue weighted by Gasteiger charge is -2.24. The first kappa shape index (κ1) is 14.6. The number of hydrogen-bond donors (Lipinski definition) is 0. The number of rotatable bonds is 4. The van der Waals surface area contributed by atoms with Crippen molar-refractivity contribution in [3.05, 3.63) is 48.2 Å². The van der Waals surface area contributed by atoms with E-state index in [1.165, 1.54) is 0 Å². The molecule has 4 heteroatoms. The molecule has 0 N–H and O–H groups in total. The molecule has 1 aromatic carbocycles. The van der Waals surface area contributed by atoms with Crippen LogP contribution in [0.2, 0.25) is 0 Å². The fourth-order valence-corrected chi connectivity index (χ4v) is 3.10. The van der Waals surface area contributed by atoms with Gasteiger partial charge in [-0.3, -0.25) is 9.59 Å². The number of carbonyl (C=O) groups excluding carboxylic acids is 2. The van der Waals surface area contributed by atoms with Gasteiger partial charge in [0.2, 0.25) is 5.91 Å². The lowest BCUT2D eigenvalue weighted by Crippen LogP contribution is -2.35. The summed E-state index contributed by atoms with van der Waals surface area (Å²) in [6, 6.07) is 7.51. The van der Waals surface area contributed by atoms with E-state index in [-0.39, 0.29) is 17.7 Å². The number of fused-ring (bicyclic) bond motifs is 1. The number of nitrogens with zero attached hydrogens (tertiary/aromatic N) is 2. The van der Waals surface area contributed by atoms with Gasteiger partial charge < -0.3 is 9.47 Å². The summed E-state index contributed by atoms with van der Waals surface area (Å²) < 4.78 is 1.96. The molecule has 1 aliphatic heterocycles. The summed E-state index contributed by atoms with van der Waals surface area (Å²) >= 11 is 0. The lowest BCUT2D eigenvalue weighted by atomic mass is 10.1. The molecule has 0 fully saturated rings. The van der Waals surface area contributed by atoms with Gasteiger partial charge >= 0.3 is 0 Å². The van der Waals surface area contributed by atoms with Crippen molar-refractivity contribution >= 4 is 22.6 Å². The van der Waals surface area contributed by atoms with Gasteiger partial charge in [-0.25, -0.2) is 0 Å². The summed E-state index contributed by atoms with van der Waals surface area (Å²) in [5, 5.41) is 0.917. The number of para-hydroxylation sites is 1. The summed E-state index contributed by atoms with van der Waals surface area (Å²) in [6.45, 7) is 4.93. The van der Waals surface area contributed by atoms with Crippen LogP contribution in [0.1, 0.15) is 36.7 Å². The average Bonchev–Trinajstić information content (AvgIpc) is 3.16. The summed E-state index contributed by atoms with van der Waals surface area (Å²) in [4.78, 5) is 26.5. The van der Waals surface area contributed by atoms with Gasteiger partial charge in [-0.05, 0) is 19.4 Å². The van der Waals surface area contributed by atoms with Gasteiger partial charge in [0.05, 0.1) is 0 Å². The summed E-state index contributed by atoms with van der Waals surface area (Å²) in [5.74, 6) is 0.142. The van der Waals surface area contributed by atoms with Crippen molar-refractivity contribution in [3.63, 3.8) is 0 Å². The van der Waals surface area contributed by atoms with Crippen LogP contribution in [0.4, 0.5) is 0 Å². The highest BCUT2D eigenvalue weighted by molar-refractivity contribution is 6.07. The van der Waals surface area contributed by atoms with Crippen LogP contribution in [0.25, 0.3) is 10.9 Å². The molecule has 22 heavy (non-hydrogen) atoms. The van der Waals surface area contributed by atoms with Crippen LogP contribution < -0.4 is 0 Å². The Balaban J connectivity index is 2.07. The molecule has 2 aromatic rings. The quantitative estimate of drug-likeness (QED) is 0.642. The van der Waals surface area contributed by atoms with E-state index in [2.05, 4.69) is 0 Å². The maximum absolute atomic E-state index is 12.8. The molecular weight excluding hydrogens is 276 g/mol. The Kier molecular flexibility index (Phi) is 3.84. The zero-order valence-corrected chi connectivity index (χ0v) is 13.0. The number of carbonyl (C=O) groups is 2. The van der Waals surface area contributed by atoms with E-state index in [1.807, 2.05) is 59.0 Å². The molecule has 0 spiro atoms. The van der Waals surface area contributed by atoms with E-state index in [4.69, 9.17) is 0 Å². The lowest BCUT2D eigenvalue weighted by molar-refractivity contribution is -0.133. The van der Waals surface area contributed by atoms with Crippen LogP contribution in [0.5, 0.6) is 0 Å². The fourth-order valence-electron chi connectivity index (χ4n) is 3.10. The topological polar surface area (TPSA) is 42.3 Å². The van der Waals surface area contributed by atoms with E-state index >= 15 is 0 Å². The van der Waals surface area contributed by atoms with E-state index in [0.717, 1.165) is 10.9 Å². The Labute approximate surface area is 130 Å². The minimum Gasteiger partial charge on any atom is -0.334 e. The van der Waals surface area contributed by atoms with Gasteiger partial charge in [0.1, 0.15) is 6.04 Å². The number of hydrogen-bond acceptors (Lipinski definition) is 2. The van der Waals surface area contributed by atoms with Gasteiger partial charge in [0, 0.05) is 35.8 Å². The minimum atomic E-state index is -0.266. The summed E-state index contributed by atoms with van der Waals surface area (Å²) in [5.41, 5.74) is 1.63. The highest BCUT2D eigenvalue weighted by Crippen LogP contribution is 2.28. The van der Waals surface area contributed by atoms with Crippen LogP contribution in [0, 0.1) is 0 Å². The van der Waals surface area contributed by atoms with E-state index in [1.54, 1.807) is 6.92 Å². The highest BCUT2D eigenvalue weighted by atomic mass is 16.2. The van der Waals surface area contributed by atoms with Crippen LogP contribution in [-0.2, 0) is 4.79 Å². The third-order valence-electron chi connectivity index (χ3n) is 4.26. The molecule has 1 amide bonds. The van der Waals surface area contributed by atoms with E-state index in [9.17, 15) is 9.59 Å². The maximum atomic E-state index is 12.8. The summed E-state index contributed by atoms with van der Waals surface area (Å²) in [7, 11) is 0. The number of ketones is 1. The zero-order valence-electron chi connectivity index (χ0n) is 13.0. The molecular formula is C18H20N2O2.